The summed E-state index contributed by atoms with van der Waals surface area (Å²) in [5.41, 5.74) is 1.68. The second kappa shape index (κ2) is 8.70. The Morgan fingerprint density at radius 1 is 1.21 bits per heavy atom. The van der Waals surface area contributed by atoms with Crippen LogP contribution in [0.25, 0.3) is 10.2 Å². The number of carbonyl (C=O) groups is 2. The number of rotatable bonds is 6. The minimum atomic E-state index is -0.567. The van der Waals surface area contributed by atoms with Gasteiger partial charge in [0.1, 0.15) is 22.2 Å². The van der Waals surface area contributed by atoms with Crippen LogP contribution in [0.3, 0.4) is 0 Å². The van der Waals surface area contributed by atoms with Gasteiger partial charge in [0.05, 0.1) is 5.56 Å². The van der Waals surface area contributed by atoms with E-state index >= 15 is 0 Å². The van der Waals surface area contributed by atoms with Gasteiger partial charge in [0, 0.05) is 22.2 Å². The van der Waals surface area contributed by atoms with Crippen molar-refractivity contribution in [3.8, 4) is 0 Å². The molecule has 8 heteroatoms. The third-order valence-corrected chi connectivity index (χ3v) is 6.74. The van der Waals surface area contributed by atoms with Gasteiger partial charge in [0.25, 0.3) is 5.91 Å². The van der Waals surface area contributed by atoms with E-state index in [1.807, 2.05) is 25.1 Å². The van der Waals surface area contributed by atoms with Crippen LogP contribution in [0.15, 0.2) is 40.5 Å². The average molecular weight is 415 g/mol. The molecule has 0 saturated heterocycles. The quantitative estimate of drug-likeness (QED) is 0.601. The summed E-state index contributed by atoms with van der Waals surface area (Å²) in [6.07, 6.45) is 2.07. The standard InChI is InChI=1S/C20H22N4O2S2/c1-5-14(18(26)21-4)24-17(25)13-8-6-7-9-15(13)28-20-16-11(2)12(3)27-19(16)22-10-23-20/h6-10,14H,5H2,1-4H3,(H,21,26)(H,24,25). The summed E-state index contributed by atoms with van der Waals surface area (Å²) in [4.78, 5) is 36.5. The second-order valence-corrected chi connectivity index (χ2v) is 8.52. The molecule has 0 saturated carbocycles. The SMILES string of the molecule is CCC(NC(=O)c1ccccc1Sc1ncnc2sc(C)c(C)c12)C(=O)NC. The van der Waals surface area contributed by atoms with Gasteiger partial charge in [-0.1, -0.05) is 30.8 Å². The lowest BCUT2D eigenvalue weighted by molar-refractivity contribution is -0.122. The summed E-state index contributed by atoms with van der Waals surface area (Å²) >= 11 is 3.09. The van der Waals surface area contributed by atoms with Crippen molar-refractivity contribution >= 4 is 45.1 Å². The molecule has 0 aliphatic heterocycles. The molecule has 0 aliphatic rings. The number of fused-ring (bicyclic) bond motifs is 1. The van der Waals surface area contributed by atoms with Gasteiger partial charge in [-0.25, -0.2) is 9.97 Å². The summed E-state index contributed by atoms with van der Waals surface area (Å²) in [5, 5.41) is 7.25. The van der Waals surface area contributed by atoms with Gasteiger partial charge in [0.2, 0.25) is 5.91 Å². The maximum atomic E-state index is 12.8. The lowest BCUT2D eigenvalue weighted by Crippen LogP contribution is -2.45. The molecule has 2 N–H and O–H groups in total. The Balaban J connectivity index is 1.93. The van der Waals surface area contributed by atoms with E-state index in [9.17, 15) is 9.59 Å². The van der Waals surface area contributed by atoms with Gasteiger partial charge >= 0.3 is 0 Å². The maximum Gasteiger partial charge on any atom is 0.253 e. The van der Waals surface area contributed by atoms with Crippen molar-refractivity contribution in [1.29, 1.82) is 0 Å². The lowest BCUT2D eigenvalue weighted by Gasteiger charge is -2.16. The number of hydrogen-bond donors (Lipinski definition) is 2. The predicted octanol–water partition coefficient (Wildman–Crippen LogP) is 3.71. The molecule has 0 bridgehead atoms. The second-order valence-electron chi connectivity index (χ2n) is 6.29. The smallest absolute Gasteiger partial charge is 0.253 e. The van der Waals surface area contributed by atoms with Crippen molar-refractivity contribution in [3.05, 3.63) is 46.6 Å². The van der Waals surface area contributed by atoms with Crippen molar-refractivity contribution in [3.63, 3.8) is 0 Å². The van der Waals surface area contributed by atoms with Gasteiger partial charge in [-0.2, -0.15) is 0 Å². The van der Waals surface area contributed by atoms with Crippen LogP contribution in [0.5, 0.6) is 0 Å². The minimum Gasteiger partial charge on any atom is -0.357 e. The Morgan fingerprint density at radius 2 is 1.96 bits per heavy atom. The highest BCUT2D eigenvalue weighted by atomic mass is 32.2. The summed E-state index contributed by atoms with van der Waals surface area (Å²) in [6.45, 7) is 6.00. The number of aromatic nitrogens is 2. The zero-order valence-electron chi connectivity index (χ0n) is 16.2. The van der Waals surface area contributed by atoms with Crippen molar-refractivity contribution in [2.75, 3.05) is 7.05 Å². The van der Waals surface area contributed by atoms with E-state index in [1.165, 1.54) is 16.6 Å². The number of nitrogens with one attached hydrogen (secondary N) is 2. The predicted molar refractivity (Wildman–Crippen MR) is 113 cm³/mol. The Bertz CT molecular complexity index is 1030. The number of benzene rings is 1. The molecule has 2 amide bonds. The van der Waals surface area contributed by atoms with Gasteiger partial charge in [-0.15, -0.1) is 11.3 Å². The number of aryl methyl sites for hydroxylation is 2. The Morgan fingerprint density at radius 3 is 2.68 bits per heavy atom. The molecule has 3 aromatic rings. The first-order valence-corrected chi connectivity index (χ1v) is 10.6. The molecule has 0 fully saturated rings. The molecular weight excluding hydrogens is 392 g/mol. The van der Waals surface area contributed by atoms with E-state index in [0.717, 1.165) is 25.7 Å². The first-order valence-electron chi connectivity index (χ1n) is 8.96. The van der Waals surface area contributed by atoms with Crippen molar-refractivity contribution in [2.24, 2.45) is 0 Å². The highest BCUT2D eigenvalue weighted by Crippen LogP contribution is 2.38. The van der Waals surface area contributed by atoms with Crippen molar-refractivity contribution in [1.82, 2.24) is 20.6 Å². The fourth-order valence-electron chi connectivity index (χ4n) is 2.84. The van der Waals surface area contributed by atoms with Crippen LogP contribution in [0.2, 0.25) is 0 Å². The molecule has 2 heterocycles. The fraction of sp³-hybridized carbons (Fsp3) is 0.300. The highest BCUT2D eigenvalue weighted by molar-refractivity contribution is 7.99. The molecule has 0 radical (unpaired) electrons. The van der Waals surface area contributed by atoms with Crippen LogP contribution < -0.4 is 10.6 Å². The Kier molecular flexibility index (Phi) is 6.31. The molecule has 146 valence electrons. The monoisotopic (exact) mass is 414 g/mol. The Labute approximate surface area is 172 Å². The first-order chi connectivity index (χ1) is 13.5. The third-order valence-electron chi connectivity index (χ3n) is 4.55. The van der Waals surface area contributed by atoms with Crippen LogP contribution in [0.1, 0.15) is 34.1 Å². The van der Waals surface area contributed by atoms with E-state index in [4.69, 9.17) is 0 Å². The van der Waals surface area contributed by atoms with Crippen LogP contribution in [-0.4, -0.2) is 34.9 Å². The number of amides is 2. The molecular formula is C20H22N4O2S2. The highest BCUT2D eigenvalue weighted by Gasteiger charge is 2.21. The van der Waals surface area contributed by atoms with Crippen molar-refractivity contribution in [2.45, 2.75) is 43.2 Å². The topological polar surface area (TPSA) is 84.0 Å². The van der Waals surface area contributed by atoms with E-state index in [1.54, 1.807) is 30.8 Å². The molecule has 0 aliphatic carbocycles. The van der Waals surface area contributed by atoms with E-state index < -0.39 is 6.04 Å². The van der Waals surface area contributed by atoms with Crippen LogP contribution in [-0.2, 0) is 4.79 Å². The normalized spacial score (nSPS) is 12.0. The molecule has 1 atom stereocenters. The van der Waals surface area contributed by atoms with Gasteiger partial charge in [-0.3, -0.25) is 9.59 Å². The maximum absolute atomic E-state index is 12.8. The number of hydrogen-bond acceptors (Lipinski definition) is 6. The van der Waals surface area contributed by atoms with Crippen LogP contribution in [0, 0.1) is 13.8 Å². The molecule has 2 aromatic heterocycles. The fourth-order valence-corrected chi connectivity index (χ4v) is 4.98. The summed E-state index contributed by atoms with van der Waals surface area (Å²) in [6, 6.07) is 6.79. The summed E-state index contributed by atoms with van der Waals surface area (Å²) < 4.78 is 0. The number of thiophene rings is 1. The minimum absolute atomic E-state index is 0.206. The summed E-state index contributed by atoms with van der Waals surface area (Å²) in [7, 11) is 1.56. The van der Waals surface area contributed by atoms with E-state index in [0.29, 0.717) is 12.0 Å². The van der Waals surface area contributed by atoms with E-state index in [2.05, 4.69) is 34.4 Å². The number of carbonyl (C=O) groups excluding carboxylic acids is 2. The lowest BCUT2D eigenvalue weighted by atomic mass is 10.1. The van der Waals surface area contributed by atoms with Crippen LogP contribution >= 0.6 is 23.1 Å². The number of nitrogens with zero attached hydrogens (tertiary/aromatic N) is 2. The first kappa shape index (κ1) is 20.3. The molecule has 28 heavy (non-hydrogen) atoms. The average Bonchev–Trinajstić information content (AvgIpc) is 3.00. The van der Waals surface area contributed by atoms with Gasteiger partial charge in [0.15, 0.2) is 0 Å². The zero-order valence-corrected chi connectivity index (χ0v) is 17.8. The third kappa shape index (κ3) is 4.02. The molecule has 0 spiro atoms. The van der Waals surface area contributed by atoms with Crippen molar-refractivity contribution < 1.29 is 9.59 Å². The van der Waals surface area contributed by atoms with Gasteiger partial charge < -0.3 is 10.6 Å². The molecule has 1 aromatic carbocycles. The van der Waals surface area contributed by atoms with E-state index in [-0.39, 0.29) is 11.8 Å². The van der Waals surface area contributed by atoms with Gasteiger partial charge in [-0.05, 0) is 38.0 Å². The Hall–Kier alpha value is -2.45. The largest absolute Gasteiger partial charge is 0.357 e. The molecule has 3 rings (SSSR count). The molecule has 6 nitrogen and oxygen atoms in total. The van der Waals surface area contributed by atoms with Crippen LogP contribution in [0.4, 0.5) is 0 Å². The summed E-state index contributed by atoms with van der Waals surface area (Å²) in [5.74, 6) is -0.482. The zero-order chi connectivity index (χ0) is 20.3. The molecule has 1 unspecified atom stereocenters. The number of likely N-dealkylation sites (N-methyl/N-ethyl adjacent to an activating group) is 1.